The molecule has 8 heteroatoms. The summed E-state index contributed by atoms with van der Waals surface area (Å²) in [4.78, 5) is 30.6. The van der Waals surface area contributed by atoms with Crippen molar-refractivity contribution in [3.05, 3.63) is 35.8 Å². The van der Waals surface area contributed by atoms with Gasteiger partial charge in [0.25, 0.3) is 5.91 Å². The number of fused-ring (bicyclic) bond motifs is 2. The van der Waals surface area contributed by atoms with Crippen LogP contribution in [0.5, 0.6) is 0 Å². The van der Waals surface area contributed by atoms with Crippen LogP contribution in [0.3, 0.4) is 0 Å². The van der Waals surface area contributed by atoms with Crippen molar-refractivity contribution in [2.45, 2.75) is 57.7 Å². The molecule has 2 atom stereocenters. The van der Waals surface area contributed by atoms with E-state index in [2.05, 4.69) is 37.3 Å². The van der Waals surface area contributed by atoms with Gasteiger partial charge in [0.2, 0.25) is 5.95 Å². The Labute approximate surface area is 183 Å². The first kappa shape index (κ1) is 20.2. The molecule has 1 saturated carbocycles. The number of rotatable bonds is 5. The summed E-state index contributed by atoms with van der Waals surface area (Å²) in [5.41, 5.74) is 2.00. The third-order valence-electron chi connectivity index (χ3n) is 7.05. The highest BCUT2D eigenvalue weighted by Crippen LogP contribution is 2.41. The van der Waals surface area contributed by atoms with Crippen LogP contribution in [0.2, 0.25) is 0 Å². The molecule has 2 aliphatic heterocycles. The van der Waals surface area contributed by atoms with E-state index in [1.54, 1.807) is 13.2 Å². The largest absolute Gasteiger partial charge is 0.354 e. The summed E-state index contributed by atoms with van der Waals surface area (Å²) in [6.45, 7) is 6.32. The number of pyridine rings is 1. The molecule has 0 aromatic carbocycles. The van der Waals surface area contributed by atoms with Crippen LogP contribution in [0.15, 0.2) is 24.5 Å². The summed E-state index contributed by atoms with van der Waals surface area (Å²) in [5.74, 6) is 2.23. The Kier molecular flexibility index (Phi) is 5.25. The smallest absolute Gasteiger partial charge is 0.269 e. The number of anilines is 3. The second-order valence-electron chi connectivity index (χ2n) is 9.30. The molecule has 2 aromatic heterocycles. The Balaban J connectivity index is 1.28. The summed E-state index contributed by atoms with van der Waals surface area (Å²) < 4.78 is 0. The molecule has 8 nitrogen and oxygen atoms in total. The van der Waals surface area contributed by atoms with Crippen molar-refractivity contribution < 1.29 is 4.79 Å². The first-order chi connectivity index (χ1) is 15.0. The molecular weight excluding hydrogens is 390 g/mol. The van der Waals surface area contributed by atoms with Gasteiger partial charge < -0.3 is 15.5 Å². The van der Waals surface area contributed by atoms with Crippen LogP contribution in [0.1, 0.15) is 48.7 Å². The van der Waals surface area contributed by atoms with E-state index < -0.39 is 0 Å². The summed E-state index contributed by atoms with van der Waals surface area (Å²) in [6.07, 6.45) is 8.77. The lowest BCUT2D eigenvalue weighted by Crippen LogP contribution is -2.60. The third kappa shape index (κ3) is 3.84. The molecule has 2 aromatic rings. The predicted octanol–water partition coefficient (Wildman–Crippen LogP) is 2.73. The normalized spacial score (nSPS) is 27.6. The molecule has 0 unspecified atom stereocenters. The van der Waals surface area contributed by atoms with Gasteiger partial charge in [0.15, 0.2) is 0 Å². The van der Waals surface area contributed by atoms with E-state index in [1.165, 1.54) is 25.7 Å². The van der Waals surface area contributed by atoms with Crippen LogP contribution in [-0.4, -0.2) is 64.0 Å². The van der Waals surface area contributed by atoms with Gasteiger partial charge in [-0.15, -0.1) is 0 Å². The molecule has 3 aliphatic rings. The summed E-state index contributed by atoms with van der Waals surface area (Å²) in [7, 11) is 1.60. The third-order valence-corrected chi connectivity index (χ3v) is 7.05. The zero-order valence-corrected chi connectivity index (χ0v) is 18.5. The zero-order chi connectivity index (χ0) is 21.5. The molecule has 2 saturated heterocycles. The fourth-order valence-electron chi connectivity index (χ4n) is 5.54. The van der Waals surface area contributed by atoms with Gasteiger partial charge in [-0.1, -0.05) is 6.92 Å². The Bertz CT molecular complexity index is 960. The quantitative estimate of drug-likeness (QED) is 0.768. The number of aromatic nitrogens is 3. The predicted molar refractivity (Wildman–Crippen MR) is 121 cm³/mol. The Morgan fingerprint density at radius 3 is 2.52 bits per heavy atom. The fourth-order valence-corrected chi connectivity index (χ4v) is 5.54. The molecule has 4 heterocycles. The van der Waals surface area contributed by atoms with Gasteiger partial charge in [-0.05, 0) is 56.2 Å². The number of carbonyl (C=O) groups is 1. The Hall–Kier alpha value is -2.74. The van der Waals surface area contributed by atoms with Crippen LogP contribution >= 0.6 is 0 Å². The van der Waals surface area contributed by atoms with Crippen molar-refractivity contribution in [2.75, 3.05) is 30.4 Å². The average molecular weight is 422 g/mol. The van der Waals surface area contributed by atoms with E-state index in [0.29, 0.717) is 23.7 Å². The number of hydrogen-bond acceptors (Lipinski definition) is 7. The number of piperazine rings is 1. The van der Waals surface area contributed by atoms with E-state index in [9.17, 15) is 4.79 Å². The van der Waals surface area contributed by atoms with Crippen molar-refractivity contribution in [3.63, 3.8) is 0 Å². The Morgan fingerprint density at radius 1 is 1.13 bits per heavy atom. The average Bonchev–Trinajstić information content (AvgIpc) is 2.99. The van der Waals surface area contributed by atoms with E-state index in [4.69, 9.17) is 4.98 Å². The molecule has 5 rings (SSSR count). The molecule has 2 bridgehead atoms. The first-order valence-electron chi connectivity index (χ1n) is 11.3. The van der Waals surface area contributed by atoms with Gasteiger partial charge >= 0.3 is 0 Å². The minimum atomic E-state index is -0.188. The maximum Gasteiger partial charge on any atom is 0.269 e. The lowest BCUT2D eigenvalue weighted by molar-refractivity contribution is 0.0339. The van der Waals surface area contributed by atoms with E-state index in [-0.39, 0.29) is 5.91 Å². The van der Waals surface area contributed by atoms with Gasteiger partial charge in [-0.2, -0.15) is 4.98 Å². The topological polar surface area (TPSA) is 86.3 Å². The Morgan fingerprint density at radius 2 is 1.87 bits per heavy atom. The van der Waals surface area contributed by atoms with Gasteiger partial charge in [0.05, 0.1) is 11.9 Å². The standard InChI is InChI=1S/C23H31N7O/c1-14-8-19(9-14)30-17-4-5-18(30)13-29(12-17)20-6-7-25-23(28-20)27-16-10-15(2)21(26-11-16)22(31)24-3/h6-7,10-11,14,17-19H,4-5,8-9,12-13H2,1-3H3,(H,24,31)(H,25,27,28)/t14-,17-,18+,19-. The SMILES string of the molecule is CNC(=O)c1ncc(Nc2nccc(N3C[C@H]4CC[C@@H](C3)N4[C@H]3C[C@H](C)C3)n2)cc1C. The van der Waals surface area contributed by atoms with Crippen molar-refractivity contribution in [1.29, 1.82) is 0 Å². The lowest BCUT2D eigenvalue weighted by Gasteiger charge is -2.50. The summed E-state index contributed by atoms with van der Waals surface area (Å²) >= 11 is 0. The molecule has 164 valence electrons. The molecule has 31 heavy (non-hydrogen) atoms. The van der Waals surface area contributed by atoms with Crippen LogP contribution in [0, 0.1) is 12.8 Å². The van der Waals surface area contributed by atoms with Gasteiger partial charge in [-0.3, -0.25) is 9.69 Å². The highest BCUT2D eigenvalue weighted by atomic mass is 16.1. The number of nitrogens with zero attached hydrogens (tertiary/aromatic N) is 5. The molecular formula is C23H31N7O. The minimum Gasteiger partial charge on any atom is -0.354 e. The molecule has 0 spiro atoms. The maximum atomic E-state index is 11.9. The zero-order valence-electron chi connectivity index (χ0n) is 18.5. The number of aryl methyl sites for hydroxylation is 1. The summed E-state index contributed by atoms with van der Waals surface area (Å²) in [6, 6.07) is 5.99. The number of nitrogens with one attached hydrogen (secondary N) is 2. The van der Waals surface area contributed by atoms with Gasteiger partial charge in [0.1, 0.15) is 11.5 Å². The van der Waals surface area contributed by atoms with Crippen LogP contribution in [-0.2, 0) is 0 Å². The van der Waals surface area contributed by atoms with E-state index in [1.807, 2.05) is 25.3 Å². The summed E-state index contributed by atoms with van der Waals surface area (Å²) in [5, 5.41) is 5.85. The van der Waals surface area contributed by atoms with Crippen LogP contribution < -0.4 is 15.5 Å². The maximum absolute atomic E-state index is 11.9. The molecule has 2 N–H and O–H groups in total. The molecule has 1 amide bonds. The highest BCUT2D eigenvalue weighted by molar-refractivity contribution is 5.93. The van der Waals surface area contributed by atoms with Crippen LogP contribution in [0.25, 0.3) is 0 Å². The highest BCUT2D eigenvalue weighted by Gasteiger charge is 2.46. The van der Waals surface area contributed by atoms with Crippen molar-refractivity contribution in [2.24, 2.45) is 5.92 Å². The van der Waals surface area contributed by atoms with Gasteiger partial charge in [0, 0.05) is 44.5 Å². The van der Waals surface area contributed by atoms with E-state index in [0.717, 1.165) is 42.1 Å². The molecule has 0 radical (unpaired) electrons. The second kappa shape index (κ2) is 8.07. The second-order valence-corrected chi connectivity index (χ2v) is 9.30. The van der Waals surface area contributed by atoms with Crippen LogP contribution in [0.4, 0.5) is 17.5 Å². The molecule has 3 fully saturated rings. The number of hydrogen-bond donors (Lipinski definition) is 2. The monoisotopic (exact) mass is 421 g/mol. The first-order valence-corrected chi connectivity index (χ1v) is 11.3. The molecule has 1 aliphatic carbocycles. The van der Waals surface area contributed by atoms with Crippen molar-refractivity contribution in [1.82, 2.24) is 25.2 Å². The van der Waals surface area contributed by atoms with E-state index >= 15 is 0 Å². The van der Waals surface area contributed by atoms with Crippen molar-refractivity contribution >= 4 is 23.4 Å². The minimum absolute atomic E-state index is 0.188. The fraction of sp³-hybridized carbons (Fsp3) is 0.565. The van der Waals surface area contributed by atoms with Crippen molar-refractivity contribution in [3.8, 4) is 0 Å². The number of carbonyl (C=O) groups excluding carboxylic acids is 1. The number of amides is 1. The van der Waals surface area contributed by atoms with Gasteiger partial charge in [-0.25, -0.2) is 9.97 Å². The lowest BCUT2D eigenvalue weighted by atomic mass is 9.80.